The number of nitrogens with two attached hydrogens (primary N) is 1. The lowest BCUT2D eigenvalue weighted by Crippen LogP contribution is -2.56. The zero-order chi connectivity index (χ0) is 14.8. The summed E-state index contributed by atoms with van der Waals surface area (Å²) in [6.45, 7) is 0. The Kier molecular flexibility index (Phi) is 3.14. The van der Waals surface area contributed by atoms with Gasteiger partial charge in [0.15, 0.2) is 0 Å². The van der Waals surface area contributed by atoms with Crippen LogP contribution in [0.5, 0.6) is 0 Å². The summed E-state index contributed by atoms with van der Waals surface area (Å²) in [6.07, 6.45) is 6.29. The summed E-state index contributed by atoms with van der Waals surface area (Å²) in [6, 6.07) is 1.79. The molecule has 5 rings (SSSR count). The van der Waals surface area contributed by atoms with Crippen molar-refractivity contribution >= 4 is 27.0 Å². The van der Waals surface area contributed by atoms with Crippen LogP contribution in [-0.4, -0.2) is 25.8 Å². The normalized spacial score (nSPS) is 38.3. The molecule has 4 aliphatic carbocycles. The standard InChI is InChI=1S/C15H22N2O2S2/c1-17(21(18,19)14-7-13(16)8-20-14)15-11-3-9-2-10(5-11)6-12(15)4-9/h7-12,15H,2-6,16H2,1H3. The van der Waals surface area contributed by atoms with Crippen LogP contribution in [0.4, 0.5) is 5.69 Å². The van der Waals surface area contributed by atoms with E-state index in [0.29, 0.717) is 21.7 Å². The van der Waals surface area contributed by atoms with E-state index in [1.54, 1.807) is 22.8 Å². The number of hydrogen-bond acceptors (Lipinski definition) is 4. The first-order valence-corrected chi connectivity index (χ1v) is 10.1. The van der Waals surface area contributed by atoms with E-state index in [1.807, 2.05) is 0 Å². The molecule has 0 atom stereocenters. The molecular weight excluding hydrogens is 304 g/mol. The molecule has 0 saturated heterocycles. The summed E-state index contributed by atoms with van der Waals surface area (Å²) in [7, 11) is -1.61. The second kappa shape index (κ2) is 4.70. The van der Waals surface area contributed by atoms with Gasteiger partial charge >= 0.3 is 0 Å². The Balaban J connectivity index is 1.64. The third-order valence-corrected chi connectivity index (χ3v) is 9.11. The van der Waals surface area contributed by atoms with Crippen LogP contribution >= 0.6 is 11.3 Å². The maximum Gasteiger partial charge on any atom is 0.252 e. The van der Waals surface area contributed by atoms with E-state index in [9.17, 15) is 8.42 Å². The molecule has 0 radical (unpaired) electrons. The molecule has 4 bridgehead atoms. The Hall–Kier alpha value is -0.590. The predicted octanol–water partition coefficient (Wildman–Crippen LogP) is 2.78. The molecule has 1 aromatic heterocycles. The van der Waals surface area contributed by atoms with Crippen molar-refractivity contribution in [1.29, 1.82) is 0 Å². The SMILES string of the molecule is CN(C1C2CC3CC(C2)CC1C3)S(=O)(=O)c1cc(N)cs1. The van der Waals surface area contributed by atoms with Gasteiger partial charge < -0.3 is 5.73 Å². The van der Waals surface area contributed by atoms with E-state index in [-0.39, 0.29) is 6.04 Å². The fourth-order valence-electron chi connectivity index (χ4n) is 5.26. The number of nitrogens with zero attached hydrogens (tertiary/aromatic N) is 1. The summed E-state index contributed by atoms with van der Waals surface area (Å²) in [5.74, 6) is 2.85. The molecule has 2 N–H and O–H groups in total. The van der Waals surface area contributed by atoms with E-state index in [4.69, 9.17) is 5.73 Å². The molecule has 4 fully saturated rings. The molecule has 1 aromatic rings. The molecule has 4 nitrogen and oxygen atoms in total. The highest BCUT2D eigenvalue weighted by atomic mass is 32.2. The first-order valence-electron chi connectivity index (χ1n) is 7.77. The topological polar surface area (TPSA) is 63.4 Å². The molecule has 0 spiro atoms. The third-order valence-electron chi connectivity index (χ3n) is 5.83. The van der Waals surface area contributed by atoms with Gasteiger partial charge in [-0.25, -0.2) is 8.42 Å². The fourth-order valence-corrected chi connectivity index (χ4v) is 8.00. The predicted molar refractivity (Wildman–Crippen MR) is 84.5 cm³/mol. The molecule has 0 amide bonds. The Morgan fingerprint density at radius 1 is 1.14 bits per heavy atom. The van der Waals surface area contributed by atoms with Gasteiger partial charge in [-0.2, -0.15) is 4.31 Å². The molecule has 1 heterocycles. The van der Waals surface area contributed by atoms with Crippen LogP contribution in [-0.2, 0) is 10.0 Å². The molecule has 4 aliphatic rings. The number of nitrogen functional groups attached to an aromatic ring is 1. The average Bonchev–Trinajstić information content (AvgIpc) is 2.84. The Labute approximate surface area is 130 Å². The second-order valence-electron chi connectivity index (χ2n) is 7.14. The monoisotopic (exact) mass is 326 g/mol. The maximum atomic E-state index is 12.8. The zero-order valence-corrected chi connectivity index (χ0v) is 13.9. The number of thiophene rings is 1. The van der Waals surface area contributed by atoms with Crippen molar-refractivity contribution in [2.24, 2.45) is 23.7 Å². The average molecular weight is 326 g/mol. The first kappa shape index (κ1) is 14.0. The summed E-state index contributed by atoms with van der Waals surface area (Å²) in [4.78, 5) is 0. The summed E-state index contributed by atoms with van der Waals surface area (Å²) in [5.41, 5.74) is 6.24. The van der Waals surface area contributed by atoms with Gasteiger partial charge in [0.25, 0.3) is 10.0 Å². The Bertz CT molecular complexity index is 624. The van der Waals surface area contributed by atoms with Gasteiger partial charge in [0, 0.05) is 24.2 Å². The van der Waals surface area contributed by atoms with E-state index >= 15 is 0 Å². The number of rotatable bonds is 3. The lowest BCUT2D eigenvalue weighted by Gasteiger charge is -2.56. The van der Waals surface area contributed by atoms with E-state index < -0.39 is 10.0 Å². The van der Waals surface area contributed by atoms with Crippen molar-refractivity contribution in [3.63, 3.8) is 0 Å². The second-order valence-corrected chi connectivity index (χ2v) is 10.3. The molecule has 6 heteroatoms. The van der Waals surface area contributed by atoms with Crippen molar-refractivity contribution in [2.45, 2.75) is 42.4 Å². The van der Waals surface area contributed by atoms with Gasteiger partial charge in [-0.3, -0.25) is 0 Å². The minimum Gasteiger partial charge on any atom is -0.398 e. The molecule has 0 aliphatic heterocycles. The van der Waals surface area contributed by atoms with Gasteiger partial charge in [0.1, 0.15) is 4.21 Å². The highest BCUT2D eigenvalue weighted by Crippen LogP contribution is 2.55. The van der Waals surface area contributed by atoms with Crippen molar-refractivity contribution < 1.29 is 8.42 Å². The molecule has 4 saturated carbocycles. The van der Waals surface area contributed by atoms with E-state index in [2.05, 4.69) is 0 Å². The molecule has 0 unspecified atom stereocenters. The largest absolute Gasteiger partial charge is 0.398 e. The van der Waals surface area contributed by atoms with Gasteiger partial charge in [-0.05, 0) is 61.8 Å². The van der Waals surface area contributed by atoms with Crippen LogP contribution in [0.3, 0.4) is 0 Å². The molecule has 0 aromatic carbocycles. The molecule has 116 valence electrons. The number of hydrogen-bond donors (Lipinski definition) is 1. The van der Waals surface area contributed by atoms with Crippen molar-refractivity contribution in [2.75, 3.05) is 12.8 Å². The highest BCUT2D eigenvalue weighted by Gasteiger charge is 2.51. The van der Waals surface area contributed by atoms with Gasteiger partial charge in [-0.15, -0.1) is 11.3 Å². The van der Waals surface area contributed by atoms with Crippen LogP contribution < -0.4 is 5.73 Å². The highest BCUT2D eigenvalue weighted by molar-refractivity contribution is 7.91. The zero-order valence-electron chi connectivity index (χ0n) is 12.2. The Morgan fingerprint density at radius 3 is 2.19 bits per heavy atom. The van der Waals surface area contributed by atoms with E-state index in [0.717, 1.165) is 11.8 Å². The Morgan fingerprint density at radius 2 is 1.71 bits per heavy atom. The van der Waals surface area contributed by atoms with Crippen molar-refractivity contribution in [1.82, 2.24) is 4.31 Å². The van der Waals surface area contributed by atoms with Crippen LogP contribution in [0.2, 0.25) is 0 Å². The smallest absolute Gasteiger partial charge is 0.252 e. The minimum absolute atomic E-state index is 0.200. The maximum absolute atomic E-state index is 12.8. The molecule has 21 heavy (non-hydrogen) atoms. The number of sulfonamides is 1. The van der Waals surface area contributed by atoms with Gasteiger partial charge in [0.05, 0.1) is 0 Å². The fraction of sp³-hybridized carbons (Fsp3) is 0.733. The first-order chi connectivity index (χ1) is 9.95. The van der Waals surface area contributed by atoms with Crippen LogP contribution in [0.25, 0.3) is 0 Å². The lowest BCUT2D eigenvalue weighted by atomic mass is 9.54. The minimum atomic E-state index is -3.39. The van der Waals surface area contributed by atoms with E-state index in [1.165, 1.54) is 43.4 Å². The van der Waals surface area contributed by atoms with Crippen molar-refractivity contribution in [3.8, 4) is 0 Å². The number of anilines is 1. The summed E-state index contributed by atoms with van der Waals surface area (Å²) in [5, 5.41) is 1.71. The van der Waals surface area contributed by atoms with Gasteiger partial charge in [-0.1, -0.05) is 0 Å². The van der Waals surface area contributed by atoms with Crippen LogP contribution in [0.15, 0.2) is 15.7 Å². The summed E-state index contributed by atoms with van der Waals surface area (Å²) < 4.78 is 27.8. The van der Waals surface area contributed by atoms with Crippen LogP contribution in [0, 0.1) is 23.7 Å². The van der Waals surface area contributed by atoms with Crippen LogP contribution in [0.1, 0.15) is 32.1 Å². The van der Waals surface area contributed by atoms with Gasteiger partial charge in [0.2, 0.25) is 0 Å². The quantitative estimate of drug-likeness (QED) is 0.929. The van der Waals surface area contributed by atoms with Crippen molar-refractivity contribution in [3.05, 3.63) is 11.4 Å². The molecular formula is C15H22N2O2S2. The lowest BCUT2D eigenvalue weighted by molar-refractivity contribution is -0.0350. The summed E-state index contributed by atoms with van der Waals surface area (Å²) >= 11 is 1.23. The third kappa shape index (κ3) is 2.14.